The van der Waals surface area contributed by atoms with E-state index in [9.17, 15) is 4.79 Å². The zero-order valence-electron chi connectivity index (χ0n) is 12.4. The summed E-state index contributed by atoms with van der Waals surface area (Å²) in [5.74, 6) is 0.767. The molecule has 0 spiro atoms. The van der Waals surface area contributed by atoms with Gasteiger partial charge >= 0.3 is 0 Å². The van der Waals surface area contributed by atoms with Crippen molar-refractivity contribution in [3.05, 3.63) is 58.3 Å². The maximum Gasteiger partial charge on any atom is 0.244 e. The van der Waals surface area contributed by atoms with Crippen molar-refractivity contribution in [1.82, 2.24) is 9.55 Å². The number of nitrogens with one attached hydrogen (secondary N) is 1. The molecule has 0 saturated carbocycles. The Kier molecular flexibility index (Phi) is 3.98. The summed E-state index contributed by atoms with van der Waals surface area (Å²) in [6.45, 7) is 4.17. The van der Waals surface area contributed by atoms with E-state index in [2.05, 4.69) is 26.2 Å². The molecule has 0 fully saturated rings. The molecule has 0 bridgehead atoms. The van der Waals surface area contributed by atoms with Gasteiger partial charge in [0.25, 0.3) is 0 Å². The zero-order chi connectivity index (χ0) is 15.7. The van der Waals surface area contributed by atoms with Crippen LogP contribution in [0.5, 0.6) is 0 Å². The van der Waals surface area contributed by atoms with Gasteiger partial charge in [-0.05, 0) is 43.7 Å². The minimum atomic E-state index is -0.0676. The summed E-state index contributed by atoms with van der Waals surface area (Å²) in [7, 11) is 0. The molecule has 0 aliphatic carbocycles. The lowest BCUT2D eigenvalue weighted by atomic mass is 10.2. The van der Waals surface area contributed by atoms with Crippen molar-refractivity contribution in [3.63, 3.8) is 0 Å². The number of hydrogen-bond acceptors (Lipinski definition) is 2. The van der Waals surface area contributed by atoms with Gasteiger partial charge in [0.1, 0.15) is 12.4 Å². The standard InChI is InChI=1S/C17H16BrN3O/c1-11-7-8-13(9-14(11)18)20-17(22)10-21-12(2)19-15-5-3-4-6-16(15)21/h3-9H,10H2,1-2H3,(H,20,22). The second-order valence-corrected chi connectivity index (χ2v) is 6.10. The fraction of sp³-hybridized carbons (Fsp3) is 0.176. The van der Waals surface area contributed by atoms with E-state index in [4.69, 9.17) is 0 Å². The average molecular weight is 358 g/mol. The van der Waals surface area contributed by atoms with E-state index in [-0.39, 0.29) is 12.5 Å². The number of imidazole rings is 1. The molecule has 0 atom stereocenters. The Labute approximate surface area is 137 Å². The molecule has 0 unspecified atom stereocenters. The number of amides is 1. The Morgan fingerprint density at radius 2 is 2.00 bits per heavy atom. The van der Waals surface area contributed by atoms with Crippen molar-refractivity contribution in [3.8, 4) is 0 Å². The maximum absolute atomic E-state index is 12.3. The van der Waals surface area contributed by atoms with E-state index in [1.165, 1.54) is 0 Å². The number of anilines is 1. The number of carbonyl (C=O) groups is 1. The first-order valence-electron chi connectivity index (χ1n) is 7.02. The van der Waals surface area contributed by atoms with Crippen LogP contribution in [0, 0.1) is 13.8 Å². The highest BCUT2D eigenvalue weighted by Gasteiger charge is 2.11. The molecule has 2 aromatic carbocycles. The van der Waals surface area contributed by atoms with Crippen molar-refractivity contribution in [2.45, 2.75) is 20.4 Å². The highest BCUT2D eigenvalue weighted by molar-refractivity contribution is 9.10. The lowest BCUT2D eigenvalue weighted by Gasteiger charge is -2.09. The van der Waals surface area contributed by atoms with Gasteiger partial charge in [-0.25, -0.2) is 4.98 Å². The van der Waals surface area contributed by atoms with Crippen molar-refractivity contribution in [2.75, 3.05) is 5.32 Å². The Bertz CT molecular complexity index is 854. The first kappa shape index (κ1) is 14.8. The Morgan fingerprint density at radius 1 is 1.23 bits per heavy atom. The van der Waals surface area contributed by atoms with Crippen LogP contribution in [0.2, 0.25) is 0 Å². The van der Waals surface area contributed by atoms with E-state index in [0.29, 0.717) is 0 Å². The highest BCUT2D eigenvalue weighted by Crippen LogP contribution is 2.21. The second kappa shape index (κ2) is 5.93. The SMILES string of the molecule is Cc1ccc(NC(=O)Cn2c(C)nc3ccccc32)cc1Br. The summed E-state index contributed by atoms with van der Waals surface area (Å²) in [5, 5.41) is 2.92. The van der Waals surface area contributed by atoms with Gasteiger partial charge in [0.15, 0.2) is 0 Å². The van der Waals surface area contributed by atoms with E-state index in [1.807, 2.05) is 60.9 Å². The van der Waals surface area contributed by atoms with Crippen molar-refractivity contribution >= 4 is 38.6 Å². The molecule has 0 aliphatic rings. The van der Waals surface area contributed by atoms with Gasteiger partial charge in [-0.2, -0.15) is 0 Å². The number of aryl methyl sites for hydroxylation is 2. The summed E-state index contributed by atoms with van der Waals surface area (Å²) in [5.41, 5.74) is 3.80. The minimum Gasteiger partial charge on any atom is -0.324 e. The van der Waals surface area contributed by atoms with Crippen LogP contribution in [0.25, 0.3) is 11.0 Å². The summed E-state index contributed by atoms with van der Waals surface area (Å²) in [4.78, 5) is 16.8. The number of hydrogen-bond donors (Lipinski definition) is 1. The number of nitrogens with zero attached hydrogens (tertiary/aromatic N) is 2. The Hall–Kier alpha value is -2.14. The topological polar surface area (TPSA) is 46.9 Å². The molecule has 3 aromatic rings. The first-order valence-corrected chi connectivity index (χ1v) is 7.82. The average Bonchev–Trinajstić information content (AvgIpc) is 2.79. The van der Waals surface area contributed by atoms with E-state index >= 15 is 0 Å². The van der Waals surface area contributed by atoms with Crippen LogP contribution in [-0.2, 0) is 11.3 Å². The highest BCUT2D eigenvalue weighted by atomic mass is 79.9. The summed E-state index contributed by atoms with van der Waals surface area (Å²) >= 11 is 3.47. The lowest BCUT2D eigenvalue weighted by Crippen LogP contribution is -2.19. The number of para-hydroxylation sites is 2. The summed E-state index contributed by atoms with van der Waals surface area (Å²) in [6, 6.07) is 13.6. The van der Waals surface area contributed by atoms with Gasteiger partial charge in [-0.1, -0.05) is 34.1 Å². The zero-order valence-corrected chi connectivity index (χ0v) is 14.0. The van der Waals surface area contributed by atoms with Gasteiger partial charge < -0.3 is 9.88 Å². The second-order valence-electron chi connectivity index (χ2n) is 5.25. The smallest absolute Gasteiger partial charge is 0.244 e. The predicted molar refractivity (Wildman–Crippen MR) is 92.0 cm³/mol. The third-order valence-electron chi connectivity index (χ3n) is 3.60. The van der Waals surface area contributed by atoms with Crippen molar-refractivity contribution in [1.29, 1.82) is 0 Å². The quantitative estimate of drug-likeness (QED) is 0.768. The van der Waals surface area contributed by atoms with Gasteiger partial charge in [0, 0.05) is 10.2 Å². The van der Waals surface area contributed by atoms with Gasteiger partial charge in [-0.3, -0.25) is 4.79 Å². The summed E-state index contributed by atoms with van der Waals surface area (Å²) < 4.78 is 2.91. The molecule has 22 heavy (non-hydrogen) atoms. The van der Waals surface area contributed by atoms with Gasteiger partial charge in [0.05, 0.1) is 11.0 Å². The van der Waals surface area contributed by atoms with Crippen LogP contribution in [-0.4, -0.2) is 15.5 Å². The lowest BCUT2D eigenvalue weighted by molar-refractivity contribution is -0.116. The van der Waals surface area contributed by atoms with Crippen LogP contribution in [0.1, 0.15) is 11.4 Å². The molecule has 0 saturated heterocycles. The van der Waals surface area contributed by atoms with Crippen molar-refractivity contribution < 1.29 is 4.79 Å². The summed E-state index contributed by atoms with van der Waals surface area (Å²) in [6.07, 6.45) is 0. The maximum atomic E-state index is 12.3. The molecule has 5 heteroatoms. The van der Waals surface area contributed by atoms with Gasteiger partial charge in [0.2, 0.25) is 5.91 Å². The Balaban J connectivity index is 1.81. The first-order chi connectivity index (χ1) is 10.5. The van der Waals surface area contributed by atoms with Crippen LogP contribution in [0.4, 0.5) is 5.69 Å². The molecule has 3 rings (SSSR count). The molecular formula is C17H16BrN3O. The Morgan fingerprint density at radius 3 is 2.77 bits per heavy atom. The molecule has 1 aromatic heterocycles. The largest absolute Gasteiger partial charge is 0.324 e. The molecule has 1 amide bonds. The van der Waals surface area contributed by atoms with E-state index < -0.39 is 0 Å². The molecule has 0 radical (unpaired) electrons. The van der Waals surface area contributed by atoms with Crippen LogP contribution < -0.4 is 5.32 Å². The predicted octanol–water partition coefficient (Wildman–Crippen LogP) is 4.05. The molecule has 0 aliphatic heterocycles. The molecule has 1 N–H and O–H groups in total. The fourth-order valence-electron chi connectivity index (χ4n) is 2.41. The van der Waals surface area contributed by atoms with Crippen LogP contribution in [0.15, 0.2) is 46.9 Å². The number of benzene rings is 2. The third-order valence-corrected chi connectivity index (χ3v) is 4.46. The van der Waals surface area contributed by atoms with Crippen LogP contribution >= 0.6 is 15.9 Å². The van der Waals surface area contributed by atoms with Crippen molar-refractivity contribution in [2.24, 2.45) is 0 Å². The minimum absolute atomic E-state index is 0.0676. The number of rotatable bonds is 3. The van der Waals surface area contributed by atoms with E-state index in [0.717, 1.165) is 32.6 Å². The monoisotopic (exact) mass is 357 g/mol. The number of carbonyl (C=O) groups excluding carboxylic acids is 1. The van der Waals surface area contributed by atoms with Gasteiger partial charge in [-0.15, -0.1) is 0 Å². The molecule has 112 valence electrons. The molecule has 4 nitrogen and oxygen atoms in total. The number of fused-ring (bicyclic) bond motifs is 1. The van der Waals surface area contributed by atoms with E-state index in [1.54, 1.807) is 0 Å². The fourth-order valence-corrected chi connectivity index (χ4v) is 2.79. The third kappa shape index (κ3) is 2.90. The normalized spacial score (nSPS) is 10.9. The molecular weight excluding hydrogens is 342 g/mol. The molecule has 1 heterocycles. The van der Waals surface area contributed by atoms with Crippen LogP contribution in [0.3, 0.4) is 0 Å². The number of aromatic nitrogens is 2. The number of halogens is 1.